The van der Waals surface area contributed by atoms with Gasteiger partial charge >= 0.3 is 0 Å². The molecule has 0 radical (unpaired) electrons. The highest BCUT2D eigenvalue weighted by Gasteiger charge is 2.21. The molecule has 1 unspecified atom stereocenters. The average molecular weight is 231 g/mol. The van der Waals surface area contributed by atoms with E-state index in [0.717, 1.165) is 38.3 Å². The van der Waals surface area contributed by atoms with Crippen molar-refractivity contribution in [3.05, 3.63) is 0 Å². The Hall–Kier alpha value is -0.160. The summed E-state index contributed by atoms with van der Waals surface area (Å²) < 4.78 is 5.39. The number of ether oxygens (including phenoxy) is 1. The molecule has 1 fully saturated rings. The maximum Gasteiger partial charge on any atom is 0.0897 e. The van der Waals surface area contributed by atoms with Gasteiger partial charge in [-0.1, -0.05) is 0 Å². The van der Waals surface area contributed by atoms with Crippen LogP contribution in [-0.2, 0) is 4.74 Å². The van der Waals surface area contributed by atoms with Gasteiger partial charge in [0, 0.05) is 19.8 Å². The van der Waals surface area contributed by atoms with Gasteiger partial charge < -0.3 is 20.3 Å². The molecule has 0 saturated heterocycles. The summed E-state index contributed by atoms with van der Waals surface area (Å²) in [5.41, 5.74) is 0. The van der Waals surface area contributed by atoms with Gasteiger partial charge in [-0.05, 0) is 44.6 Å². The summed E-state index contributed by atoms with van der Waals surface area (Å²) in [5, 5.41) is 21.3. The number of rotatable bonds is 11. The van der Waals surface area contributed by atoms with E-state index < -0.39 is 6.10 Å². The van der Waals surface area contributed by atoms with E-state index in [1.54, 1.807) is 0 Å². The standard InChI is InChI=1S/C12H25NO3/c14-7-3-1-2-6-13-8-12(15)10-16-9-11-4-5-11/h11-15H,1-10H2. The number of aliphatic hydroxyl groups is 2. The van der Waals surface area contributed by atoms with Gasteiger partial charge in [0.1, 0.15) is 0 Å². The SMILES string of the molecule is OCCCCCNCC(O)COCC1CC1. The van der Waals surface area contributed by atoms with Crippen molar-refractivity contribution in [3.8, 4) is 0 Å². The van der Waals surface area contributed by atoms with Crippen molar-refractivity contribution in [2.24, 2.45) is 5.92 Å². The quantitative estimate of drug-likeness (QED) is 0.454. The minimum absolute atomic E-state index is 0.275. The van der Waals surface area contributed by atoms with Crippen LogP contribution in [0.5, 0.6) is 0 Å². The first-order valence-corrected chi connectivity index (χ1v) is 6.40. The van der Waals surface area contributed by atoms with Crippen molar-refractivity contribution in [2.75, 3.05) is 32.9 Å². The van der Waals surface area contributed by atoms with Gasteiger partial charge in [-0.3, -0.25) is 0 Å². The van der Waals surface area contributed by atoms with Crippen LogP contribution in [0.2, 0.25) is 0 Å². The first-order chi connectivity index (χ1) is 7.83. The first kappa shape index (κ1) is 13.9. The summed E-state index contributed by atoms with van der Waals surface area (Å²) in [6.07, 6.45) is 5.15. The first-order valence-electron chi connectivity index (χ1n) is 6.40. The predicted octanol–water partition coefficient (Wildman–Crippen LogP) is 0.526. The van der Waals surface area contributed by atoms with E-state index in [1.807, 2.05) is 0 Å². The number of aliphatic hydroxyl groups excluding tert-OH is 2. The molecule has 1 aliphatic rings. The van der Waals surface area contributed by atoms with Crippen molar-refractivity contribution in [3.63, 3.8) is 0 Å². The highest BCUT2D eigenvalue weighted by molar-refractivity contribution is 4.72. The van der Waals surface area contributed by atoms with Crippen molar-refractivity contribution in [2.45, 2.75) is 38.2 Å². The molecule has 4 nitrogen and oxygen atoms in total. The fraction of sp³-hybridized carbons (Fsp3) is 1.00. The fourth-order valence-electron chi connectivity index (χ4n) is 1.52. The maximum atomic E-state index is 9.56. The zero-order valence-corrected chi connectivity index (χ0v) is 10.0. The molecule has 1 rings (SSSR count). The summed E-state index contributed by atoms with van der Waals surface area (Å²) in [6, 6.07) is 0. The van der Waals surface area contributed by atoms with Crippen LogP contribution in [-0.4, -0.2) is 49.2 Å². The van der Waals surface area contributed by atoms with Crippen LogP contribution < -0.4 is 5.32 Å². The van der Waals surface area contributed by atoms with Crippen LogP contribution in [0.1, 0.15) is 32.1 Å². The molecule has 0 aliphatic heterocycles. The molecule has 0 aromatic heterocycles. The second-order valence-corrected chi connectivity index (χ2v) is 4.62. The highest BCUT2D eigenvalue weighted by atomic mass is 16.5. The molecule has 0 spiro atoms. The van der Waals surface area contributed by atoms with Gasteiger partial charge in [0.25, 0.3) is 0 Å². The molecule has 96 valence electrons. The van der Waals surface area contributed by atoms with E-state index in [9.17, 15) is 5.11 Å². The van der Waals surface area contributed by atoms with Crippen LogP contribution in [0, 0.1) is 5.92 Å². The molecular weight excluding hydrogens is 206 g/mol. The van der Waals surface area contributed by atoms with E-state index in [0.29, 0.717) is 13.2 Å². The lowest BCUT2D eigenvalue weighted by molar-refractivity contribution is 0.0326. The lowest BCUT2D eigenvalue weighted by atomic mass is 10.2. The number of hydrogen-bond donors (Lipinski definition) is 3. The molecule has 16 heavy (non-hydrogen) atoms. The van der Waals surface area contributed by atoms with Crippen LogP contribution in [0.15, 0.2) is 0 Å². The zero-order valence-electron chi connectivity index (χ0n) is 10.0. The molecule has 0 heterocycles. The van der Waals surface area contributed by atoms with Crippen LogP contribution >= 0.6 is 0 Å². The second-order valence-electron chi connectivity index (χ2n) is 4.62. The number of unbranched alkanes of at least 4 members (excludes halogenated alkanes) is 2. The maximum absolute atomic E-state index is 9.56. The summed E-state index contributed by atoms with van der Waals surface area (Å²) in [4.78, 5) is 0. The Morgan fingerprint density at radius 1 is 1.25 bits per heavy atom. The lowest BCUT2D eigenvalue weighted by Gasteiger charge is -2.12. The Bertz CT molecular complexity index is 162. The normalized spacial score (nSPS) is 17.6. The fourth-order valence-corrected chi connectivity index (χ4v) is 1.52. The average Bonchev–Trinajstić information content (AvgIpc) is 3.07. The van der Waals surface area contributed by atoms with Crippen LogP contribution in [0.25, 0.3) is 0 Å². The second kappa shape index (κ2) is 8.93. The van der Waals surface area contributed by atoms with Gasteiger partial charge in [-0.2, -0.15) is 0 Å². The van der Waals surface area contributed by atoms with E-state index >= 15 is 0 Å². The third kappa shape index (κ3) is 8.05. The Balaban J connectivity index is 1.76. The number of hydrogen-bond acceptors (Lipinski definition) is 4. The van der Waals surface area contributed by atoms with Crippen molar-refractivity contribution >= 4 is 0 Å². The minimum Gasteiger partial charge on any atom is -0.396 e. The van der Waals surface area contributed by atoms with Crippen molar-refractivity contribution in [1.29, 1.82) is 0 Å². The lowest BCUT2D eigenvalue weighted by Crippen LogP contribution is -2.31. The Morgan fingerprint density at radius 3 is 2.75 bits per heavy atom. The molecule has 4 heteroatoms. The molecule has 3 N–H and O–H groups in total. The van der Waals surface area contributed by atoms with E-state index in [4.69, 9.17) is 9.84 Å². The molecular formula is C12H25NO3. The summed E-state index contributed by atoms with van der Waals surface area (Å²) in [6.45, 7) is 3.04. The van der Waals surface area contributed by atoms with Gasteiger partial charge in [0.15, 0.2) is 0 Å². The highest BCUT2D eigenvalue weighted by Crippen LogP contribution is 2.28. The minimum atomic E-state index is -0.392. The molecule has 0 aromatic rings. The smallest absolute Gasteiger partial charge is 0.0897 e. The largest absolute Gasteiger partial charge is 0.396 e. The third-order valence-corrected chi connectivity index (χ3v) is 2.75. The summed E-state index contributed by atoms with van der Waals surface area (Å²) in [7, 11) is 0. The van der Waals surface area contributed by atoms with Crippen molar-refractivity contribution in [1.82, 2.24) is 5.32 Å². The van der Waals surface area contributed by atoms with E-state index in [2.05, 4.69) is 5.32 Å². The molecule has 0 aromatic carbocycles. The third-order valence-electron chi connectivity index (χ3n) is 2.75. The van der Waals surface area contributed by atoms with Crippen molar-refractivity contribution < 1.29 is 14.9 Å². The molecule has 0 bridgehead atoms. The van der Waals surface area contributed by atoms with Gasteiger partial charge in [0.2, 0.25) is 0 Å². The summed E-state index contributed by atoms with van der Waals surface area (Å²) >= 11 is 0. The van der Waals surface area contributed by atoms with Gasteiger partial charge in [0.05, 0.1) is 12.7 Å². The van der Waals surface area contributed by atoms with Gasteiger partial charge in [-0.15, -0.1) is 0 Å². The topological polar surface area (TPSA) is 61.7 Å². The number of nitrogens with one attached hydrogen (secondary N) is 1. The van der Waals surface area contributed by atoms with Gasteiger partial charge in [-0.25, -0.2) is 0 Å². The Morgan fingerprint density at radius 2 is 2.06 bits per heavy atom. The zero-order chi connectivity index (χ0) is 11.6. The van der Waals surface area contributed by atoms with E-state index in [-0.39, 0.29) is 6.61 Å². The van der Waals surface area contributed by atoms with Crippen LogP contribution in [0.3, 0.4) is 0 Å². The van der Waals surface area contributed by atoms with Crippen LogP contribution in [0.4, 0.5) is 0 Å². The Kier molecular flexibility index (Phi) is 7.76. The Labute approximate surface area is 98.0 Å². The molecule has 1 saturated carbocycles. The molecule has 0 amide bonds. The molecule has 1 atom stereocenters. The molecule has 1 aliphatic carbocycles. The monoisotopic (exact) mass is 231 g/mol. The summed E-state index contributed by atoms with van der Waals surface area (Å²) in [5.74, 6) is 0.763. The van der Waals surface area contributed by atoms with E-state index in [1.165, 1.54) is 12.8 Å². The predicted molar refractivity (Wildman–Crippen MR) is 63.4 cm³/mol.